The van der Waals surface area contributed by atoms with E-state index in [9.17, 15) is 8.42 Å². The van der Waals surface area contributed by atoms with Crippen LogP contribution in [-0.4, -0.2) is 50.2 Å². The predicted molar refractivity (Wildman–Crippen MR) is 102 cm³/mol. The number of piperidine rings is 1. The molecule has 0 aliphatic carbocycles. The molecule has 0 radical (unpaired) electrons. The monoisotopic (exact) mass is 368 g/mol. The van der Waals surface area contributed by atoms with Crippen molar-refractivity contribution in [2.24, 2.45) is 10.7 Å². The number of ether oxygens (including phenoxy) is 1. The van der Waals surface area contributed by atoms with Gasteiger partial charge in [-0.25, -0.2) is 8.42 Å². The third kappa shape index (κ3) is 6.21. The number of guanidine groups is 1. The molecule has 0 bridgehead atoms. The molecule has 8 heteroatoms. The van der Waals surface area contributed by atoms with E-state index in [2.05, 4.69) is 10.3 Å². The van der Waals surface area contributed by atoms with Gasteiger partial charge in [0.05, 0.1) is 18.9 Å². The van der Waals surface area contributed by atoms with Gasteiger partial charge in [-0.05, 0) is 51.0 Å². The maximum absolute atomic E-state index is 11.9. The molecule has 25 heavy (non-hydrogen) atoms. The first-order valence-electron chi connectivity index (χ1n) is 8.56. The molecule has 0 amide bonds. The van der Waals surface area contributed by atoms with Crippen LogP contribution in [0.15, 0.2) is 29.3 Å². The number of nitrogens with two attached hydrogens (primary N) is 1. The molecule has 7 nitrogen and oxygen atoms in total. The van der Waals surface area contributed by atoms with Crippen LogP contribution in [0.3, 0.4) is 0 Å². The molecule has 1 aliphatic heterocycles. The largest absolute Gasteiger partial charge is 0.491 e. The van der Waals surface area contributed by atoms with E-state index in [4.69, 9.17) is 10.5 Å². The van der Waals surface area contributed by atoms with Crippen LogP contribution in [0.2, 0.25) is 0 Å². The van der Waals surface area contributed by atoms with E-state index in [1.165, 1.54) is 10.6 Å². The summed E-state index contributed by atoms with van der Waals surface area (Å²) in [6, 6.07) is 7.34. The summed E-state index contributed by atoms with van der Waals surface area (Å²) in [6.07, 6.45) is 4.09. The van der Waals surface area contributed by atoms with E-state index in [-0.39, 0.29) is 18.1 Å². The number of nitrogens with one attached hydrogen (secondary N) is 1. The van der Waals surface area contributed by atoms with Crippen molar-refractivity contribution in [3.63, 3.8) is 0 Å². The van der Waals surface area contributed by atoms with Crippen LogP contribution >= 0.6 is 0 Å². The summed E-state index contributed by atoms with van der Waals surface area (Å²) < 4.78 is 30.8. The SMILES string of the molecule is CC(C)Oc1ccc(NC(N)=NCC2CCCCN2S(C)(=O)=O)cc1. The molecule has 0 spiro atoms. The van der Waals surface area contributed by atoms with E-state index in [1.54, 1.807) is 0 Å². The van der Waals surface area contributed by atoms with Crippen molar-refractivity contribution in [2.45, 2.75) is 45.3 Å². The standard InChI is InChI=1S/C17H28N4O3S/c1-13(2)24-16-9-7-14(8-10-16)20-17(18)19-12-15-6-4-5-11-21(15)25(3,22)23/h7-10,13,15H,4-6,11-12H2,1-3H3,(H3,18,19,20). The lowest BCUT2D eigenvalue weighted by atomic mass is 10.1. The minimum Gasteiger partial charge on any atom is -0.491 e. The van der Waals surface area contributed by atoms with Gasteiger partial charge in [-0.3, -0.25) is 4.99 Å². The Kier molecular flexibility index (Phi) is 6.66. The summed E-state index contributed by atoms with van der Waals surface area (Å²) in [5, 5.41) is 3.02. The van der Waals surface area contributed by atoms with Gasteiger partial charge in [-0.15, -0.1) is 0 Å². The molecule has 2 rings (SSSR count). The Morgan fingerprint density at radius 3 is 2.64 bits per heavy atom. The zero-order valence-electron chi connectivity index (χ0n) is 15.1. The van der Waals surface area contributed by atoms with Gasteiger partial charge in [0.1, 0.15) is 5.75 Å². The molecule has 1 atom stereocenters. The predicted octanol–water partition coefficient (Wildman–Crippen LogP) is 2.01. The van der Waals surface area contributed by atoms with Crippen molar-refractivity contribution in [2.75, 3.05) is 24.7 Å². The van der Waals surface area contributed by atoms with Gasteiger partial charge in [0.15, 0.2) is 5.96 Å². The van der Waals surface area contributed by atoms with Gasteiger partial charge in [0, 0.05) is 18.3 Å². The third-order valence-corrected chi connectivity index (χ3v) is 5.30. The van der Waals surface area contributed by atoms with Gasteiger partial charge < -0.3 is 15.8 Å². The van der Waals surface area contributed by atoms with Crippen LogP contribution < -0.4 is 15.8 Å². The number of benzene rings is 1. The lowest BCUT2D eigenvalue weighted by Gasteiger charge is -2.32. The number of rotatable bonds is 6. The first kappa shape index (κ1) is 19.5. The zero-order valence-corrected chi connectivity index (χ0v) is 15.9. The number of nitrogens with zero attached hydrogens (tertiary/aromatic N) is 2. The van der Waals surface area contributed by atoms with Gasteiger partial charge in [0.25, 0.3) is 0 Å². The number of anilines is 1. The maximum Gasteiger partial charge on any atom is 0.211 e. The van der Waals surface area contributed by atoms with Crippen molar-refractivity contribution in [1.82, 2.24) is 4.31 Å². The molecule has 1 aliphatic rings. The minimum atomic E-state index is -3.21. The highest BCUT2D eigenvalue weighted by molar-refractivity contribution is 7.88. The van der Waals surface area contributed by atoms with E-state index >= 15 is 0 Å². The molecule has 140 valence electrons. The molecule has 1 fully saturated rings. The summed E-state index contributed by atoms with van der Waals surface area (Å²) in [4.78, 5) is 4.32. The first-order valence-corrected chi connectivity index (χ1v) is 10.4. The third-order valence-electron chi connectivity index (χ3n) is 3.97. The average molecular weight is 369 g/mol. The molecule has 1 aromatic rings. The number of sulfonamides is 1. The smallest absolute Gasteiger partial charge is 0.211 e. The summed E-state index contributed by atoms with van der Waals surface area (Å²) in [7, 11) is -3.21. The van der Waals surface area contributed by atoms with Crippen LogP contribution in [0.4, 0.5) is 5.69 Å². The highest BCUT2D eigenvalue weighted by Gasteiger charge is 2.28. The molecular formula is C17H28N4O3S. The lowest BCUT2D eigenvalue weighted by Crippen LogP contribution is -2.45. The van der Waals surface area contributed by atoms with Crippen LogP contribution in [0.25, 0.3) is 0 Å². The topological polar surface area (TPSA) is 97.0 Å². The van der Waals surface area contributed by atoms with E-state index in [0.29, 0.717) is 13.1 Å². The van der Waals surface area contributed by atoms with Crippen molar-refractivity contribution < 1.29 is 13.2 Å². The Hall–Kier alpha value is -1.80. The summed E-state index contributed by atoms with van der Waals surface area (Å²) in [6.45, 7) is 4.87. The fraction of sp³-hybridized carbons (Fsp3) is 0.588. The van der Waals surface area contributed by atoms with Gasteiger partial charge >= 0.3 is 0 Å². The Bertz CT molecular complexity index is 686. The van der Waals surface area contributed by atoms with Crippen LogP contribution in [-0.2, 0) is 10.0 Å². The second-order valence-electron chi connectivity index (χ2n) is 6.57. The number of hydrogen-bond acceptors (Lipinski definition) is 4. The fourth-order valence-corrected chi connectivity index (χ4v) is 4.05. The molecule has 1 saturated heterocycles. The average Bonchev–Trinajstić information content (AvgIpc) is 2.54. The van der Waals surface area contributed by atoms with Crippen LogP contribution in [0.5, 0.6) is 5.75 Å². The molecule has 1 aromatic carbocycles. The van der Waals surface area contributed by atoms with Gasteiger partial charge in [-0.2, -0.15) is 4.31 Å². The summed E-state index contributed by atoms with van der Waals surface area (Å²) in [5.41, 5.74) is 6.74. The quantitative estimate of drug-likeness (QED) is 0.591. The molecule has 3 N–H and O–H groups in total. The van der Waals surface area contributed by atoms with E-state index in [1.807, 2.05) is 38.1 Å². The number of aliphatic imine (C=N–C) groups is 1. The lowest BCUT2D eigenvalue weighted by molar-refractivity contribution is 0.242. The van der Waals surface area contributed by atoms with Crippen molar-refractivity contribution in [3.05, 3.63) is 24.3 Å². The summed E-state index contributed by atoms with van der Waals surface area (Å²) in [5.74, 6) is 1.07. The number of hydrogen-bond donors (Lipinski definition) is 2. The highest BCUT2D eigenvalue weighted by Crippen LogP contribution is 2.20. The van der Waals surface area contributed by atoms with Gasteiger partial charge in [0.2, 0.25) is 10.0 Å². The molecule has 1 heterocycles. The molecule has 0 saturated carbocycles. The highest BCUT2D eigenvalue weighted by atomic mass is 32.2. The van der Waals surface area contributed by atoms with Gasteiger partial charge in [-0.1, -0.05) is 6.42 Å². The Morgan fingerprint density at radius 2 is 2.04 bits per heavy atom. The van der Waals surface area contributed by atoms with Crippen LogP contribution in [0.1, 0.15) is 33.1 Å². The Balaban J connectivity index is 1.94. The summed E-state index contributed by atoms with van der Waals surface area (Å²) >= 11 is 0. The molecule has 1 unspecified atom stereocenters. The normalized spacial score (nSPS) is 19.8. The Morgan fingerprint density at radius 1 is 1.36 bits per heavy atom. The van der Waals surface area contributed by atoms with Crippen LogP contribution in [0, 0.1) is 0 Å². The molecule has 0 aromatic heterocycles. The fourth-order valence-electron chi connectivity index (χ4n) is 2.87. The van der Waals surface area contributed by atoms with Crippen molar-refractivity contribution >= 4 is 21.7 Å². The zero-order chi connectivity index (χ0) is 18.4. The van der Waals surface area contributed by atoms with E-state index < -0.39 is 10.0 Å². The second kappa shape index (κ2) is 8.53. The second-order valence-corrected chi connectivity index (χ2v) is 8.50. The molecular weight excluding hydrogens is 340 g/mol. The first-order chi connectivity index (χ1) is 11.8. The van der Waals surface area contributed by atoms with Crippen molar-refractivity contribution in [3.8, 4) is 5.75 Å². The maximum atomic E-state index is 11.9. The van der Waals surface area contributed by atoms with Crippen molar-refractivity contribution in [1.29, 1.82) is 0 Å². The Labute approximate surface area is 150 Å². The van der Waals surface area contributed by atoms with E-state index in [0.717, 1.165) is 30.7 Å². The minimum absolute atomic E-state index is 0.120.